The van der Waals surface area contributed by atoms with Gasteiger partial charge < -0.3 is 20.9 Å². The fourth-order valence-electron chi connectivity index (χ4n) is 2.44. The molecule has 128 valence electrons. The van der Waals surface area contributed by atoms with Gasteiger partial charge in [0.2, 0.25) is 5.91 Å². The number of nitrogens with zero attached hydrogens (tertiary/aromatic N) is 2. The molecular weight excluding hydrogens is 278 g/mol. The van der Waals surface area contributed by atoms with Crippen LogP contribution in [0.15, 0.2) is 4.99 Å². The normalized spacial score (nSPS) is 19.4. The van der Waals surface area contributed by atoms with Crippen molar-refractivity contribution in [2.75, 3.05) is 32.7 Å². The fraction of sp³-hybridized carbons (Fsp3) is 0.875. The Balaban J connectivity index is 2.42. The van der Waals surface area contributed by atoms with Gasteiger partial charge in [-0.1, -0.05) is 6.92 Å². The Labute approximate surface area is 135 Å². The summed E-state index contributed by atoms with van der Waals surface area (Å²) in [5, 5.41) is 10.1. The molecule has 3 N–H and O–H groups in total. The second-order valence-corrected chi connectivity index (χ2v) is 6.76. The maximum atomic E-state index is 11.7. The highest BCUT2D eigenvalue weighted by molar-refractivity contribution is 5.80. The molecule has 0 aromatic heterocycles. The van der Waals surface area contributed by atoms with Gasteiger partial charge in [0.05, 0.1) is 6.54 Å². The molecule has 22 heavy (non-hydrogen) atoms. The van der Waals surface area contributed by atoms with Crippen LogP contribution in [0.25, 0.3) is 0 Å². The molecule has 0 bridgehead atoms. The van der Waals surface area contributed by atoms with Crippen LogP contribution in [0.2, 0.25) is 0 Å². The first-order chi connectivity index (χ1) is 10.4. The van der Waals surface area contributed by atoms with E-state index in [0.29, 0.717) is 12.5 Å². The van der Waals surface area contributed by atoms with Gasteiger partial charge in [0.15, 0.2) is 5.96 Å². The Morgan fingerprint density at radius 3 is 2.64 bits per heavy atom. The quantitative estimate of drug-likeness (QED) is 0.388. The van der Waals surface area contributed by atoms with Crippen LogP contribution in [-0.4, -0.2) is 61.1 Å². The lowest BCUT2D eigenvalue weighted by atomic mass is 10.1. The van der Waals surface area contributed by atoms with Crippen LogP contribution < -0.4 is 16.0 Å². The Morgan fingerprint density at radius 2 is 2.05 bits per heavy atom. The van der Waals surface area contributed by atoms with Gasteiger partial charge in [-0.2, -0.15) is 0 Å². The molecule has 0 aromatic rings. The predicted octanol–water partition coefficient (Wildman–Crippen LogP) is 0.941. The Morgan fingerprint density at radius 1 is 1.32 bits per heavy atom. The van der Waals surface area contributed by atoms with E-state index in [-0.39, 0.29) is 11.4 Å². The molecule has 0 saturated carbocycles. The molecule has 6 nitrogen and oxygen atoms in total. The van der Waals surface area contributed by atoms with Gasteiger partial charge in [-0.25, -0.2) is 0 Å². The molecule has 1 amide bonds. The van der Waals surface area contributed by atoms with E-state index in [1.807, 2.05) is 11.8 Å². The first kappa shape index (κ1) is 18.7. The summed E-state index contributed by atoms with van der Waals surface area (Å²) < 4.78 is 0. The minimum atomic E-state index is 0.119. The molecule has 1 saturated heterocycles. The summed E-state index contributed by atoms with van der Waals surface area (Å²) in [6, 6.07) is 0.295. The van der Waals surface area contributed by atoms with Crippen LogP contribution in [0.3, 0.4) is 0 Å². The molecule has 1 rings (SSSR count). The van der Waals surface area contributed by atoms with Crippen molar-refractivity contribution in [3.63, 3.8) is 0 Å². The summed E-state index contributed by atoms with van der Waals surface area (Å²) in [6.07, 6.45) is 1.57. The number of aliphatic imine (C=N–C) groups is 1. The van der Waals surface area contributed by atoms with Gasteiger partial charge in [0.1, 0.15) is 0 Å². The van der Waals surface area contributed by atoms with E-state index < -0.39 is 0 Å². The SMILES string of the molecule is CCNC(=NCCNC(C)(C)C)NC1CCN(C(=O)CC)C1. The summed E-state index contributed by atoms with van der Waals surface area (Å²) in [5.41, 5.74) is 0.119. The van der Waals surface area contributed by atoms with E-state index in [4.69, 9.17) is 0 Å². The van der Waals surface area contributed by atoms with Gasteiger partial charge in [0, 0.05) is 44.2 Å². The van der Waals surface area contributed by atoms with E-state index in [2.05, 4.69) is 48.6 Å². The molecule has 1 aliphatic heterocycles. The fourth-order valence-corrected chi connectivity index (χ4v) is 2.44. The molecule has 1 aliphatic rings. The van der Waals surface area contributed by atoms with Gasteiger partial charge in [-0.05, 0) is 34.1 Å². The number of hydrogen-bond acceptors (Lipinski definition) is 3. The second-order valence-electron chi connectivity index (χ2n) is 6.76. The maximum Gasteiger partial charge on any atom is 0.222 e. The lowest BCUT2D eigenvalue weighted by Gasteiger charge is -2.21. The number of guanidine groups is 1. The summed E-state index contributed by atoms with van der Waals surface area (Å²) in [4.78, 5) is 18.3. The minimum Gasteiger partial charge on any atom is -0.357 e. The first-order valence-electron chi connectivity index (χ1n) is 8.43. The number of carbonyl (C=O) groups is 1. The van der Waals surface area contributed by atoms with Crippen molar-refractivity contribution in [1.29, 1.82) is 0 Å². The summed E-state index contributed by atoms with van der Waals surface area (Å²) in [5.74, 6) is 1.08. The molecular formula is C16H33N5O. The van der Waals surface area contributed by atoms with Crippen molar-refractivity contribution in [1.82, 2.24) is 20.9 Å². The average molecular weight is 311 g/mol. The van der Waals surface area contributed by atoms with Crippen LogP contribution in [0, 0.1) is 0 Å². The van der Waals surface area contributed by atoms with Crippen molar-refractivity contribution < 1.29 is 4.79 Å². The third-order valence-corrected chi connectivity index (χ3v) is 3.57. The number of amides is 1. The van der Waals surface area contributed by atoms with Crippen LogP contribution in [0.4, 0.5) is 0 Å². The number of nitrogens with one attached hydrogen (secondary N) is 3. The highest BCUT2D eigenvalue weighted by Gasteiger charge is 2.25. The highest BCUT2D eigenvalue weighted by Crippen LogP contribution is 2.10. The predicted molar refractivity (Wildman–Crippen MR) is 92.1 cm³/mol. The molecule has 1 fully saturated rings. The van der Waals surface area contributed by atoms with Crippen molar-refractivity contribution in [2.45, 2.75) is 59.0 Å². The molecule has 1 unspecified atom stereocenters. The Kier molecular flexibility index (Phi) is 7.65. The zero-order chi connectivity index (χ0) is 16.6. The molecule has 0 spiro atoms. The highest BCUT2D eigenvalue weighted by atomic mass is 16.2. The maximum absolute atomic E-state index is 11.7. The number of hydrogen-bond donors (Lipinski definition) is 3. The van der Waals surface area contributed by atoms with Crippen LogP contribution in [-0.2, 0) is 4.79 Å². The summed E-state index contributed by atoms with van der Waals surface area (Å²) in [7, 11) is 0. The van der Waals surface area contributed by atoms with E-state index in [9.17, 15) is 4.79 Å². The average Bonchev–Trinajstić information content (AvgIpc) is 2.90. The van der Waals surface area contributed by atoms with Crippen molar-refractivity contribution in [3.8, 4) is 0 Å². The largest absolute Gasteiger partial charge is 0.357 e. The summed E-state index contributed by atoms with van der Waals surface area (Å²) >= 11 is 0. The molecule has 6 heteroatoms. The van der Waals surface area contributed by atoms with Gasteiger partial charge in [-0.3, -0.25) is 9.79 Å². The zero-order valence-electron chi connectivity index (χ0n) is 14.8. The van der Waals surface area contributed by atoms with Gasteiger partial charge in [-0.15, -0.1) is 0 Å². The molecule has 0 aromatic carbocycles. The van der Waals surface area contributed by atoms with E-state index >= 15 is 0 Å². The topological polar surface area (TPSA) is 68.8 Å². The lowest BCUT2D eigenvalue weighted by molar-refractivity contribution is -0.129. The lowest BCUT2D eigenvalue weighted by Crippen LogP contribution is -2.45. The smallest absolute Gasteiger partial charge is 0.222 e. The van der Waals surface area contributed by atoms with E-state index in [1.54, 1.807) is 0 Å². The van der Waals surface area contributed by atoms with Crippen LogP contribution in [0.1, 0.15) is 47.5 Å². The van der Waals surface area contributed by atoms with Crippen molar-refractivity contribution in [3.05, 3.63) is 0 Å². The number of likely N-dealkylation sites (tertiary alicyclic amines) is 1. The van der Waals surface area contributed by atoms with Crippen molar-refractivity contribution in [2.24, 2.45) is 4.99 Å². The van der Waals surface area contributed by atoms with Gasteiger partial charge >= 0.3 is 0 Å². The third kappa shape index (κ3) is 7.11. The zero-order valence-corrected chi connectivity index (χ0v) is 14.8. The molecule has 1 atom stereocenters. The second kappa shape index (κ2) is 8.98. The Bertz CT molecular complexity index is 375. The van der Waals surface area contributed by atoms with E-state index in [0.717, 1.165) is 45.1 Å². The van der Waals surface area contributed by atoms with Gasteiger partial charge in [0.25, 0.3) is 0 Å². The number of rotatable bonds is 6. The Hall–Kier alpha value is -1.30. The van der Waals surface area contributed by atoms with Crippen LogP contribution >= 0.6 is 0 Å². The van der Waals surface area contributed by atoms with Crippen molar-refractivity contribution >= 4 is 11.9 Å². The molecule has 0 aliphatic carbocycles. The monoisotopic (exact) mass is 311 g/mol. The molecule has 0 radical (unpaired) electrons. The van der Waals surface area contributed by atoms with Crippen LogP contribution in [0.5, 0.6) is 0 Å². The number of carbonyl (C=O) groups excluding carboxylic acids is 1. The third-order valence-electron chi connectivity index (χ3n) is 3.57. The summed E-state index contributed by atoms with van der Waals surface area (Å²) in [6.45, 7) is 14.5. The minimum absolute atomic E-state index is 0.119. The molecule has 1 heterocycles. The first-order valence-corrected chi connectivity index (χ1v) is 8.43. The van der Waals surface area contributed by atoms with E-state index in [1.165, 1.54) is 0 Å². The standard InChI is InChI=1S/C16H33N5O/c1-6-14(22)21-11-8-13(12-21)20-15(17-7-2)18-9-10-19-16(3,4)5/h13,19H,6-12H2,1-5H3,(H2,17,18,20).